The van der Waals surface area contributed by atoms with Gasteiger partial charge in [0.05, 0.1) is 6.54 Å². The fourth-order valence-electron chi connectivity index (χ4n) is 2.11. The van der Waals surface area contributed by atoms with Crippen LogP contribution in [0.25, 0.3) is 0 Å². The Morgan fingerprint density at radius 3 is 2.64 bits per heavy atom. The number of pyridine rings is 1. The SMILES string of the molecule is CCNC(=NCCCN(C)CC(F)(F)F)NCCc1ccccn1.I. The maximum atomic E-state index is 12.2. The summed E-state index contributed by atoms with van der Waals surface area (Å²) in [6.07, 6.45) is -1.05. The lowest BCUT2D eigenvalue weighted by Crippen LogP contribution is -2.38. The lowest BCUT2D eigenvalue weighted by atomic mass is 10.3. The molecule has 1 aromatic rings. The minimum Gasteiger partial charge on any atom is -0.357 e. The molecule has 0 saturated heterocycles. The van der Waals surface area contributed by atoms with Crippen molar-refractivity contribution in [2.24, 2.45) is 4.99 Å². The van der Waals surface area contributed by atoms with Crippen molar-refractivity contribution in [1.82, 2.24) is 20.5 Å². The van der Waals surface area contributed by atoms with Crippen LogP contribution in [0.5, 0.6) is 0 Å². The second kappa shape index (κ2) is 13.2. The van der Waals surface area contributed by atoms with Gasteiger partial charge in [0, 0.05) is 37.9 Å². The van der Waals surface area contributed by atoms with Gasteiger partial charge in [-0.1, -0.05) is 6.07 Å². The largest absolute Gasteiger partial charge is 0.401 e. The number of hydrogen-bond donors (Lipinski definition) is 2. The molecule has 0 bridgehead atoms. The summed E-state index contributed by atoms with van der Waals surface area (Å²) in [6.45, 7) is 3.32. The molecule has 0 saturated carbocycles. The van der Waals surface area contributed by atoms with Crippen LogP contribution in [-0.4, -0.2) is 61.8 Å². The molecule has 0 aromatic carbocycles. The van der Waals surface area contributed by atoms with Crippen LogP contribution >= 0.6 is 24.0 Å². The minimum absolute atomic E-state index is 0. The normalized spacial score (nSPS) is 12.0. The zero-order valence-electron chi connectivity index (χ0n) is 14.6. The quantitative estimate of drug-likeness (QED) is 0.251. The van der Waals surface area contributed by atoms with Crippen LogP contribution in [0.2, 0.25) is 0 Å². The number of nitrogens with one attached hydrogen (secondary N) is 2. The highest BCUT2D eigenvalue weighted by molar-refractivity contribution is 14.0. The maximum absolute atomic E-state index is 12.2. The number of hydrogen-bond acceptors (Lipinski definition) is 3. The fraction of sp³-hybridized carbons (Fsp3) is 0.625. The first-order chi connectivity index (χ1) is 11.4. The first-order valence-electron chi connectivity index (χ1n) is 8.08. The summed E-state index contributed by atoms with van der Waals surface area (Å²) in [6, 6.07) is 5.78. The fourth-order valence-corrected chi connectivity index (χ4v) is 2.11. The van der Waals surface area contributed by atoms with Gasteiger partial charge in [-0.2, -0.15) is 13.2 Å². The number of aromatic nitrogens is 1. The standard InChI is InChI=1S/C16H26F3N5.HI/c1-3-20-15(23-11-8-14-7-4-5-9-21-14)22-10-6-12-24(2)13-16(17,18)19;/h4-5,7,9H,3,6,8,10-13H2,1-2H3,(H2,20,22,23);1H. The van der Waals surface area contributed by atoms with Gasteiger partial charge in [-0.15, -0.1) is 24.0 Å². The highest BCUT2D eigenvalue weighted by Crippen LogP contribution is 2.15. The molecule has 0 amide bonds. The maximum Gasteiger partial charge on any atom is 0.401 e. The van der Waals surface area contributed by atoms with Gasteiger partial charge < -0.3 is 10.6 Å². The Morgan fingerprint density at radius 2 is 2.04 bits per heavy atom. The van der Waals surface area contributed by atoms with Crippen molar-refractivity contribution >= 4 is 29.9 Å². The molecular formula is C16H27F3IN5. The third kappa shape index (κ3) is 12.9. The third-order valence-corrected chi connectivity index (χ3v) is 3.16. The molecule has 1 heterocycles. The molecule has 9 heteroatoms. The van der Waals surface area contributed by atoms with Crippen LogP contribution in [0.15, 0.2) is 29.4 Å². The number of guanidine groups is 1. The molecule has 0 aliphatic rings. The topological polar surface area (TPSA) is 52.6 Å². The van der Waals surface area contributed by atoms with Crippen molar-refractivity contribution in [2.75, 3.05) is 39.8 Å². The molecular weight excluding hydrogens is 446 g/mol. The van der Waals surface area contributed by atoms with Crippen molar-refractivity contribution in [3.05, 3.63) is 30.1 Å². The lowest BCUT2D eigenvalue weighted by Gasteiger charge is -2.18. The van der Waals surface area contributed by atoms with Crippen LogP contribution in [-0.2, 0) is 6.42 Å². The Balaban J connectivity index is 0.00000576. The monoisotopic (exact) mass is 473 g/mol. The van der Waals surface area contributed by atoms with E-state index in [4.69, 9.17) is 0 Å². The molecule has 0 fully saturated rings. The van der Waals surface area contributed by atoms with Gasteiger partial charge in [0.25, 0.3) is 0 Å². The van der Waals surface area contributed by atoms with Gasteiger partial charge in [-0.3, -0.25) is 14.9 Å². The average Bonchev–Trinajstić information content (AvgIpc) is 2.51. The number of rotatable bonds is 9. The van der Waals surface area contributed by atoms with E-state index < -0.39 is 12.7 Å². The predicted octanol–water partition coefficient (Wildman–Crippen LogP) is 2.68. The van der Waals surface area contributed by atoms with E-state index in [-0.39, 0.29) is 24.0 Å². The Hall–Kier alpha value is -1.10. The molecule has 0 atom stereocenters. The molecule has 0 radical (unpaired) electrons. The van der Waals surface area contributed by atoms with E-state index in [2.05, 4.69) is 20.6 Å². The highest BCUT2D eigenvalue weighted by atomic mass is 127. The third-order valence-electron chi connectivity index (χ3n) is 3.16. The van der Waals surface area contributed by atoms with E-state index in [0.29, 0.717) is 32.0 Å². The summed E-state index contributed by atoms with van der Waals surface area (Å²) >= 11 is 0. The molecule has 0 spiro atoms. The van der Waals surface area contributed by atoms with Crippen molar-refractivity contribution < 1.29 is 13.2 Å². The molecule has 0 unspecified atom stereocenters. The van der Waals surface area contributed by atoms with Crippen molar-refractivity contribution in [2.45, 2.75) is 25.9 Å². The van der Waals surface area contributed by atoms with Crippen molar-refractivity contribution in [1.29, 1.82) is 0 Å². The molecule has 144 valence electrons. The zero-order valence-corrected chi connectivity index (χ0v) is 17.0. The average molecular weight is 473 g/mol. The number of halogens is 4. The molecule has 0 aliphatic heterocycles. The van der Waals surface area contributed by atoms with Gasteiger partial charge >= 0.3 is 6.18 Å². The number of aliphatic imine (C=N–C) groups is 1. The summed E-state index contributed by atoms with van der Waals surface area (Å²) in [5, 5.41) is 6.32. The van der Waals surface area contributed by atoms with Gasteiger partial charge in [-0.25, -0.2) is 0 Å². The molecule has 0 aliphatic carbocycles. The molecule has 1 aromatic heterocycles. The molecule has 1 rings (SSSR count). The van der Waals surface area contributed by atoms with Crippen LogP contribution in [0.4, 0.5) is 13.2 Å². The second-order valence-electron chi connectivity index (χ2n) is 5.47. The van der Waals surface area contributed by atoms with Gasteiger partial charge in [0.1, 0.15) is 0 Å². The van der Waals surface area contributed by atoms with E-state index in [1.165, 1.54) is 11.9 Å². The van der Waals surface area contributed by atoms with E-state index in [1.807, 2.05) is 25.1 Å². The van der Waals surface area contributed by atoms with Gasteiger partial charge in [0.15, 0.2) is 5.96 Å². The smallest absolute Gasteiger partial charge is 0.357 e. The van der Waals surface area contributed by atoms with E-state index in [9.17, 15) is 13.2 Å². The summed E-state index contributed by atoms with van der Waals surface area (Å²) in [5.74, 6) is 0.673. The Kier molecular flexibility index (Phi) is 12.6. The van der Waals surface area contributed by atoms with Crippen molar-refractivity contribution in [3.8, 4) is 0 Å². The van der Waals surface area contributed by atoms with Crippen LogP contribution in [0, 0.1) is 0 Å². The summed E-state index contributed by atoms with van der Waals surface area (Å²) < 4.78 is 36.7. The van der Waals surface area contributed by atoms with Crippen molar-refractivity contribution in [3.63, 3.8) is 0 Å². The zero-order chi connectivity index (χ0) is 17.8. The highest BCUT2D eigenvalue weighted by Gasteiger charge is 2.28. The first-order valence-corrected chi connectivity index (χ1v) is 8.08. The van der Waals surface area contributed by atoms with Gasteiger partial charge in [-0.05, 0) is 39.1 Å². The lowest BCUT2D eigenvalue weighted by molar-refractivity contribution is -0.143. The van der Waals surface area contributed by atoms with Crippen LogP contribution < -0.4 is 10.6 Å². The molecule has 2 N–H and O–H groups in total. The minimum atomic E-state index is -4.15. The Morgan fingerprint density at radius 1 is 1.28 bits per heavy atom. The number of nitrogens with zero attached hydrogens (tertiary/aromatic N) is 3. The number of alkyl halides is 3. The van der Waals surface area contributed by atoms with E-state index in [0.717, 1.165) is 18.7 Å². The predicted molar refractivity (Wildman–Crippen MR) is 106 cm³/mol. The second-order valence-corrected chi connectivity index (χ2v) is 5.47. The molecule has 25 heavy (non-hydrogen) atoms. The molecule has 5 nitrogen and oxygen atoms in total. The Labute approximate surface area is 164 Å². The van der Waals surface area contributed by atoms with E-state index >= 15 is 0 Å². The summed E-state index contributed by atoms with van der Waals surface area (Å²) in [4.78, 5) is 9.89. The first kappa shape index (κ1) is 23.9. The van der Waals surface area contributed by atoms with Crippen LogP contribution in [0.1, 0.15) is 19.0 Å². The summed E-state index contributed by atoms with van der Waals surface area (Å²) in [7, 11) is 1.47. The summed E-state index contributed by atoms with van der Waals surface area (Å²) in [5.41, 5.74) is 0.995. The van der Waals surface area contributed by atoms with Gasteiger partial charge in [0.2, 0.25) is 0 Å². The van der Waals surface area contributed by atoms with Crippen LogP contribution in [0.3, 0.4) is 0 Å². The van der Waals surface area contributed by atoms with E-state index in [1.54, 1.807) is 6.20 Å². The Bertz CT molecular complexity index is 482.